The number of nitrogens with zero attached hydrogens (tertiary/aromatic N) is 5. The number of hydrogen-bond acceptors (Lipinski definition) is 5. The Balaban J connectivity index is 1.73. The second-order valence-corrected chi connectivity index (χ2v) is 6.41. The van der Waals surface area contributed by atoms with E-state index >= 15 is 0 Å². The van der Waals surface area contributed by atoms with Crippen molar-refractivity contribution in [1.82, 2.24) is 30.0 Å². The molecule has 2 aromatic heterocycles. The Bertz CT molecular complexity index is 937. The average Bonchev–Trinajstić information content (AvgIpc) is 3.10. The van der Waals surface area contributed by atoms with E-state index in [9.17, 15) is 9.18 Å². The first-order valence-corrected chi connectivity index (χ1v) is 8.52. The monoisotopic (exact) mass is 439 g/mol. The predicted molar refractivity (Wildman–Crippen MR) is 96.6 cm³/mol. The quantitative estimate of drug-likeness (QED) is 0.605. The van der Waals surface area contributed by atoms with Crippen molar-refractivity contribution >= 4 is 39.2 Å². The molecule has 0 saturated heterocycles. The fraction of sp³-hybridized carbons (Fsp3) is 0.133. The zero-order chi connectivity index (χ0) is 18.7. The van der Waals surface area contributed by atoms with E-state index in [1.54, 1.807) is 25.4 Å². The number of anilines is 1. The Hall–Kier alpha value is -2.59. The minimum absolute atomic E-state index is 0.0456. The van der Waals surface area contributed by atoms with Crippen molar-refractivity contribution in [2.75, 3.05) is 5.32 Å². The topological polar surface area (TPSA) is 97.6 Å². The molecule has 0 aliphatic heterocycles. The Kier molecular flexibility index (Phi) is 5.43. The van der Waals surface area contributed by atoms with Gasteiger partial charge in [0.25, 0.3) is 5.95 Å². The van der Waals surface area contributed by atoms with Gasteiger partial charge in [-0.05, 0) is 41.1 Å². The number of urea groups is 1. The van der Waals surface area contributed by atoms with Crippen LogP contribution in [-0.2, 0) is 0 Å². The molecule has 0 spiro atoms. The van der Waals surface area contributed by atoms with Gasteiger partial charge in [0.1, 0.15) is 12.1 Å². The fourth-order valence-corrected chi connectivity index (χ4v) is 2.62. The van der Waals surface area contributed by atoms with E-state index in [0.717, 1.165) is 0 Å². The predicted octanol–water partition coefficient (Wildman–Crippen LogP) is 3.50. The van der Waals surface area contributed by atoms with E-state index < -0.39 is 17.9 Å². The summed E-state index contributed by atoms with van der Waals surface area (Å²) in [5, 5.41) is 9.40. The zero-order valence-electron chi connectivity index (χ0n) is 13.3. The molecule has 1 atom stereocenters. The van der Waals surface area contributed by atoms with Gasteiger partial charge in [0.2, 0.25) is 0 Å². The number of carbonyl (C=O) groups is 1. The summed E-state index contributed by atoms with van der Waals surface area (Å²) in [7, 11) is 0. The molecule has 26 heavy (non-hydrogen) atoms. The normalized spacial score (nSPS) is 11.8. The molecule has 11 heteroatoms. The van der Waals surface area contributed by atoms with Crippen LogP contribution in [0.25, 0.3) is 5.95 Å². The molecular weight excluding hydrogens is 429 g/mol. The number of benzene rings is 1. The van der Waals surface area contributed by atoms with Crippen molar-refractivity contribution in [2.24, 2.45) is 0 Å². The van der Waals surface area contributed by atoms with Crippen LogP contribution in [0.15, 0.2) is 41.4 Å². The number of halogens is 3. The van der Waals surface area contributed by atoms with Crippen molar-refractivity contribution in [3.63, 3.8) is 0 Å². The SMILES string of the molecule is C[C@H](NC(=O)Nc1cc(Cl)c(Br)cc1F)c1ncnn1-c1ncccn1. The first-order valence-electron chi connectivity index (χ1n) is 7.35. The Morgan fingerprint density at radius 3 is 2.77 bits per heavy atom. The standard InChI is InChI=1S/C15H12BrClFN7O/c1-8(13-21-7-22-25(13)14-19-3-2-4-20-14)23-15(26)24-12-6-10(17)9(16)5-11(12)18/h2-8H,1H3,(H2,23,24,26)/t8-/m0/s1. The molecule has 0 fully saturated rings. The minimum atomic E-state index is -0.627. The maximum atomic E-state index is 13.9. The highest BCUT2D eigenvalue weighted by atomic mass is 79.9. The number of aromatic nitrogens is 5. The van der Waals surface area contributed by atoms with Gasteiger partial charge in [-0.1, -0.05) is 11.6 Å². The maximum absolute atomic E-state index is 13.9. The zero-order valence-corrected chi connectivity index (χ0v) is 15.7. The van der Waals surface area contributed by atoms with E-state index in [1.807, 2.05) is 0 Å². The van der Waals surface area contributed by atoms with Gasteiger partial charge >= 0.3 is 6.03 Å². The molecule has 134 valence electrons. The molecule has 2 N–H and O–H groups in total. The van der Waals surface area contributed by atoms with Gasteiger partial charge in [-0.15, -0.1) is 0 Å². The number of rotatable bonds is 4. The highest BCUT2D eigenvalue weighted by molar-refractivity contribution is 9.10. The second kappa shape index (κ2) is 7.75. The molecule has 2 amide bonds. The van der Waals surface area contributed by atoms with Crippen molar-refractivity contribution in [3.8, 4) is 5.95 Å². The third-order valence-electron chi connectivity index (χ3n) is 3.31. The van der Waals surface area contributed by atoms with Gasteiger partial charge in [-0.2, -0.15) is 9.78 Å². The van der Waals surface area contributed by atoms with E-state index in [4.69, 9.17) is 11.6 Å². The lowest BCUT2D eigenvalue weighted by Gasteiger charge is -2.15. The molecule has 0 unspecified atom stereocenters. The van der Waals surface area contributed by atoms with Crippen LogP contribution in [-0.4, -0.2) is 30.8 Å². The Morgan fingerprint density at radius 2 is 2.04 bits per heavy atom. The van der Waals surface area contributed by atoms with Crippen LogP contribution >= 0.6 is 27.5 Å². The second-order valence-electron chi connectivity index (χ2n) is 5.15. The minimum Gasteiger partial charge on any atom is -0.328 e. The molecular formula is C15H12BrClFN7O. The van der Waals surface area contributed by atoms with E-state index in [-0.39, 0.29) is 10.7 Å². The number of amides is 2. The lowest BCUT2D eigenvalue weighted by atomic mass is 10.3. The number of carbonyl (C=O) groups excluding carboxylic acids is 1. The van der Waals surface area contributed by atoms with Crippen LogP contribution in [0.5, 0.6) is 0 Å². The number of hydrogen-bond donors (Lipinski definition) is 2. The molecule has 0 radical (unpaired) electrons. The molecule has 3 rings (SSSR count). The molecule has 3 aromatic rings. The molecule has 2 heterocycles. The van der Waals surface area contributed by atoms with Gasteiger partial charge in [-0.25, -0.2) is 24.1 Å². The van der Waals surface area contributed by atoms with Crippen LogP contribution in [0.4, 0.5) is 14.9 Å². The molecule has 0 aliphatic rings. The largest absolute Gasteiger partial charge is 0.328 e. The van der Waals surface area contributed by atoms with Gasteiger partial charge in [0.05, 0.1) is 16.8 Å². The van der Waals surface area contributed by atoms with E-state index in [2.05, 4.69) is 46.6 Å². The summed E-state index contributed by atoms with van der Waals surface area (Å²) in [6.07, 6.45) is 4.47. The summed E-state index contributed by atoms with van der Waals surface area (Å²) >= 11 is 9.04. The van der Waals surface area contributed by atoms with Gasteiger partial charge < -0.3 is 10.6 Å². The van der Waals surface area contributed by atoms with Crippen LogP contribution in [0.2, 0.25) is 5.02 Å². The summed E-state index contributed by atoms with van der Waals surface area (Å²) in [5.74, 6) is 0.116. The summed E-state index contributed by atoms with van der Waals surface area (Å²) in [6, 6.07) is 2.98. The van der Waals surface area contributed by atoms with Crippen molar-refractivity contribution in [1.29, 1.82) is 0 Å². The summed E-state index contributed by atoms with van der Waals surface area (Å²) < 4.78 is 15.7. The molecule has 8 nitrogen and oxygen atoms in total. The van der Waals surface area contributed by atoms with Crippen molar-refractivity contribution < 1.29 is 9.18 Å². The molecule has 0 bridgehead atoms. The number of nitrogens with one attached hydrogen (secondary N) is 2. The molecule has 0 saturated carbocycles. The summed E-state index contributed by atoms with van der Waals surface area (Å²) in [4.78, 5) is 24.5. The summed E-state index contributed by atoms with van der Waals surface area (Å²) in [6.45, 7) is 1.70. The fourth-order valence-electron chi connectivity index (χ4n) is 2.14. The van der Waals surface area contributed by atoms with Gasteiger partial charge in [0, 0.05) is 16.9 Å². The third kappa shape index (κ3) is 3.97. The van der Waals surface area contributed by atoms with Gasteiger partial charge in [-0.3, -0.25) is 0 Å². The molecule has 1 aromatic carbocycles. The highest BCUT2D eigenvalue weighted by Gasteiger charge is 2.19. The van der Waals surface area contributed by atoms with Crippen LogP contribution in [0.1, 0.15) is 18.8 Å². The summed E-state index contributed by atoms with van der Waals surface area (Å²) in [5.41, 5.74) is -0.0456. The van der Waals surface area contributed by atoms with Crippen molar-refractivity contribution in [2.45, 2.75) is 13.0 Å². The van der Waals surface area contributed by atoms with Crippen LogP contribution < -0.4 is 10.6 Å². The smallest absolute Gasteiger partial charge is 0.319 e. The third-order valence-corrected chi connectivity index (χ3v) is 4.51. The molecule has 0 aliphatic carbocycles. The van der Waals surface area contributed by atoms with Gasteiger partial charge in [0.15, 0.2) is 5.82 Å². The maximum Gasteiger partial charge on any atom is 0.319 e. The first-order chi connectivity index (χ1) is 12.5. The lowest BCUT2D eigenvalue weighted by Crippen LogP contribution is -2.33. The first kappa shape index (κ1) is 18.2. The van der Waals surface area contributed by atoms with Crippen LogP contribution in [0.3, 0.4) is 0 Å². The highest BCUT2D eigenvalue weighted by Crippen LogP contribution is 2.28. The van der Waals surface area contributed by atoms with Crippen LogP contribution in [0, 0.1) is 5.82 Å². The lowest BCUT2D eigenvalue weighted by molar-refractivity contribution is 0.248. The Labute approximate surface area is 161 Å². The van der Waals surface area contributed by atoms with Crippen molar-refractivity contribution in [3.05, 3.63) is 58.1 Å². The Morgan fingerprint density at radius 1 is 1.31 bits per heavy atom. The van der Waals surface area contributed by atoms with E-state index in [0.29, 0.717) is 16.2 Å². The van der Waals surface area contributed by atoms with E-state index in [1.165, 1.54) is 23.1 Å². The average molecular weight is 441 g/mol.